The lowest BCUT2D eigenvalue weighted by molar-refractivity contribution is -0.113. The van der Waals surface area contributed by atoms with Gasteiger partial charge in [-0.2, -0.15) is 0 Å². The van der Waals surface area contributed by atoms with Gasteiger partial charge in [-0.15, -0.1) is 10.2 Å². The first-order valence-corrected chi connectivity index (χ1v) is 10.2. The monoisotopic (exact) mass is 446 g/mol. The minimum atomic E-state index is -0.513. The molecule has 0 radical (unpaired) electrons. The van der Waals surface area contributed by atoms with Crippen molar-refractivity contribution in [2.24, 2.45) is 7.05 Å². The Kier molecular flexibility index (Phi) is 7.31. The molecule has 2 aromatic carbocycles. The van der Waals surface area contributed by atoms with Crippen LogP contribution < -0.4 is 10.1 Å². The Hall–Kier alpha value is -3.04. The fourth-order valence-electron chi connectivity index (χ4n) is 2.44. The van der Waals surface area contributed by atoms with Crippen LogP contribution in [0.15, 0.2) is 53.7 Å². The van der Waals surface area contributed by atoms with Crippen molar-refractivity contribution in [1.82, 2.24) is 14.8 Å². The van der Waals surface area contributed by atoms with E-state index in [0.717, 1.165) is 5.75 Å². The maximum Gasteiger partial charge on any atom is 0.337 e. The summed E-state index contributed by atoms with van der Waals surface area (Å²) in [5.74, 6) is 0.648. The summed E-state index contributed by atoms with van der Waals surface area (Å²) in [4.78, 5) is 24.0. The van der Waals surface area contributed by atoms with Gasteiger partial charge in [-0.05, 0) is 30.3 Å². The minimum absolute atomic E-state index is 0.0876. The van der Waals surface area contributed by atoms with Gasteiger partial charge in [-0.1, -0.05) is 41.6 Å². The highest BCUT2D eigenvalue weighted by atomic mass is 35.5. The highest BCUT2D eigenvalue weighted by Gasteiger charge is 2.14. The lowest BCUT2D eigenvalue weighted by Crippen LogP contribution is -2.15. The van der Waals surface area contributed by atoms with Crippen LogP contribution in [0.2, 0.25) is 5.02 Å². The quantitative estimate of drug-likeness (QED) is 0.417. The number of halogens is 1. The predicted molar refractivity (Wildman–Crippen MR) is 114 cm³/mol. The molecule has 0 aliphatic rings. The smallest absolute Gasteiger partial charge is 0.337 e. The standard InChI is InChI=1S/C20H19ClN4O4S/c1-25-17(11-29-14-6-4-3-5-7-14)23-24-20(25)30-12-18(26)22-16-10-13(19(27)28-2)8-9-15(16)21/h3-10H,11-12H2,1-2H3,(H,22,26). The molecule has 1 amide bonds. The van der Waals surface area contributed by atoms with Gasteiger partial charge in [0.1, 0.15) is 12.4 Å². The molecule has 10 heteroatoms. The average Bonchev–Trinajstić information content (AvgIpc) is 3.12. The van der Waals surface area contributed by atoms with E-state index in [9.17, 15) is 9.59 Å². The number of anilines is 1. The van der Waals surface area contributed by atoms with Crippen molar-refractivity contribution < 1.29 is 19.1 Å². The van der Waals surface area contributed by atoms with Crippen molar-refractivity contribution >= 4 is 40.9 Å². The number of nitrogens with zero attached hydrogens (tertiary/aromatic N) is 3. The van der Waals surface area contributed by atoms with Crippen molar-refractivity contribution in [1.29, 1.82) is 0 Å². The maximum atomic E-state index is 12.3. The fraction of sp³-hybridized carbons (Fsp3) is 0.200. The third kappa shape index (κ3) is 5.52. The number of rotatable bonds is 8. The maximum absolute atomic E-state index is 12.3. The summed E-state index contributed by atoms with van der Waals surface area (Å²) in [7, 11) is 3.09. The zero-order valence-corrected chi connectivity index (χ0v) is 17.9. The first kappa shape index (κ1) is 21.7. The molecule has 0 fully saturated rings. The molecule has 156 valence electrons. The van der Waals surface area contributed by atoms with E-state index in [1.54, 1.807) is 11.6 Å². The summed E-state index contributed by atoms with van der Waals surface area (Å²) < 4.78 is 12.1. The number of hydrogen-bond acceptors (Lipinski definition) is 7. The molecule has 1 N–H and O–H groups in total. The van der Waals surface area contributed by atoms with Crippen LogP contribution in [0.3, 0.4) is 0 Å². The third-order valence-electron chi connectivity index (χ3n) is 4.03. The van der Waals surface area contributed by atoms with Crippen LogP contribution in [0, 0.1) is 0 Å². The summed E-state index contributed by atoms with van der Waals surface area (Å²) in [6, 6.07) is 13.9. The Morgan fingerprint density at radius 2 is 1.93 bits per heavy atom. The second kappa shape index (κ2) is 10.1. The van der Waals surface area contributed by atoms with E-state index in [-0.39, 0.29) is 18.3 Å². The Morgan fingerprint density at radius 1 is 1.17 bits per heavy atom. The lowest BCUT2D eigenvalue weighted by Gasteiger charge is -2.09. The zero-order chi connectivity index (χ0) is 21.5. The van der Waals surface area contributed by atoms with E-state index >= 15 is 0 Å². The van der Waals surface area contributed by atoms with Gasteiger partial charge in [0.2, 0.25) is 5.91 Å². The van der Waals surface area contributed by atoms with E-state index < -0.39 is 5.97 Å². The molecule has 0 unspecified atom stereocenters. The van der Waals surface area contributed by atoms with Crippen LogP contribution in [0.1, 0.15) is 16.2 Å². The average molecular weight is 447 g/mol. The number of hydrogen-bond donors (Lipinski definition) is 1. The van der Waals surface area contributed by atoms with Crippen molar-refractivity contribution in [3.8, 4) is 5.75 Å². The van der Waals surface area contributed by atoms with Crippen molar-refractivity contribution in [3.05, 3.63) is 64.9 Å². The molecule has 0 atom stereocenters. The second-order valence-electron chi connectivity index (χ2n) is 6.08. The molecule has 0 saturated carbocycles. The Bertz CT molecular complexity index is 1040. The zero-order valence-electron chi connectivity index (χ0n) is 16.3. The molecule has 3 aromatic rings. The molecule has 0 aliphatic heterocycles. The SMILES string of the molecule is COC(=O)c1ccc(Cl)c(NC(=O)CSc2nnc(COc3ccccc3)n2C)c1. The van der Waals surface area contributed by atoms with Crippen LogP contribution in [-0.4, -0.2) is 39.5 Å². The molecule has 0 aliphatic carbocycles. The van der Waals surface area contributed by atoms with Gasteiger partial charge in [-0.3, -0.25) is 4.79 Å². The Balaban J connectivity index is 1.56. The van der Waals surface area contributed by atoms with E-state index in [2.05, 4.69) is 20.3 Å². The van der Waals surface area contributed by atoms with Crippen molar-refractivity contribution in [3.63, 3.8) is 0 Å². The summed E-state index contributed by atoms with van der Waals surface area (Å²) in [5.41, 5.74) is 0.626. The molecule has 0 saturated heterocycles. The van der Waals surface area contributed by atoms with Crippen molar-refractivity contribution in [2.75, 3.05) is 18.2 Å². The molecule has 8 nitrogen and oxygen atoms in total. The molecule has 0 bridgehead atoms. The third-order valence-corrected chi connectivity index (χ3v) is 5.38. The molecule has 1 heterocycles. The molecule has 30 heavy (non-hydrogen) atoms. The van der Waals surface area contributed by atoms with Crippen LogP contribution in [0.4, 0.5) is 5.69 Å². The van der Waals surface area contributed by atoms with Crippen LogP contribution in [0.5, 0.6) is 5.75 Å². The minimum Gasteiger partial charge on any atom is -0.486 e. The highest BCUT2D eigenvalue weighted by Crippen LogP contribution is 2.24. The predicted octanol–water partition coefficient (Wildman–Crippen LogP) is 3.56. The number of ether oxygens (including phenoxy) is 2. The Morgan fingerprint density at radius 3 is 2.67 bits per heavy atom. The number of amides is 1. The first-order chi connectivity index (χ1) is 14.5. The van der Waals surface area contributed by atoms with Gasteiger partial charge in [0.05, 0.1) is 29.1 Å². The summed E-state index contributed by atoms with van der Waals surface area (Å²) in [6.45, 7) is 0.260. The number of carbonyl (C=O) groups is 2. The van der Waals surface area contributed by atoms with Gasteiger partial charge >= 0.3 is 5.97 Å². The lowest BCUT2D eigenvalue weighted by atomic mass is 10.2. The van der Waals surface area contributed by atoms with Gasteiger partial charge in [0, 0.05) is 7.05 Å². The fourth-order valence-corrected chi connectivity index (χ4v) is 3.34. The first-order valence-electron chi connectivity index (χ1n) is 8.84. The van der Waals surface area contributed by atoms with Crippen LogP contribution in [-0.2, 0) is 23.2 Å². The van der Waals surface area contributed by atoms with E-state index in [0.29, 0.717) is 27.3 Å². The molecule has 0 spiro atoms. The van der Waals surface area contributed by atoms with Crippen LogP contribution in [0.25, 0.3) is 0 Å². The summed E-state index contributed by atoms with van der Waals surface area (Å²) in [6.07, 6.45) is 0. The second-order valence-corrected chi connectivity index (χ2v) is 7.43. The molecule has 3 rings (SSSR count). The number of carbonyl (C=O) groups excluding carboxylic acids is 2. The van der Waals surface area contributed by atoms with Crippen molar-refractivity contribution in [2.45, 2.75) is 11.8 Å². The highest BCUT2D eigenvalue weighted by molar-refractivity contribution is 7.99. The Labute approximate surface area is 182 Å². The largest absolute Gasteiger partial charge is 0.486 e. The number of benzene rings is 2. The van der Waals surface area contributed by atoms with Gasteiger partial charge in [0.15, 0.2) is 11.0 Å². The van der Waals surface area contributed by atoms with Gasteiger partial charge in [-0.25, -0.2) is 4.79 Å². The molecule has 1 aromatic heterocycles. The number of aromatic nitrogens is 3. The normalized spacial score (nSPS) is 10.5. The van der Waals surface area contributed by atoms with Gasteiger partial charge in [0.25, 0.3) is 0 Å². The molecular formula is C20H19ClN4O4S. The number of para-hydroxylation sites is 1. The summed E-state index contributed by atoms with van der Waals surface area (Å²) in [5, 5.41) is 11.8. The van der Waals surface area contributed by atoms with Crippen LogP contribution >= 0.6 is 23.4 Å². The van der Waals surface area contributed by atoms with E-state index in [1.165, 1.54) is 37.1 Å². The number of methoxy groups -OCH3 is 1. The number of nitrogens with one attached hydrogen (secondary N) is 1. The summed E-state index contributed by atoms with van der Waals surface area (Å²) >= 11 is 7.33. The van der Waals surface area contributed by atoms with Gasteiger partial charge < -0.3 is 19.4 Å². The number of esters is 1. The van der Waals surface area contributed by atoms with E-state index in [1.807, 2.05) is 30.3 Å². The number of thioether (sulfide) groups is 1. The topological polar surface area (TPSA) is 95.3 Å². The molecular weight excluding hydrogens is 428 g/mol. The van der Waals surface area contributed by atoms with E-state index in [4.69, 9.17) is 16.3 Å².